The second-order valence-corrected chi connectivity index (χ2v) is 3.70. The third-order valence-electron chi connectivity index (χ3n) is 1.57. The van der Waals surface area contributed by atoms with Crippen LogP contribution in [0, 0.1) is 0 Å². The second kappa shape index (κ2) is 4.08. The van der Waals surface area contributed by atoms with Crippen LogP contribution in [0.2, 0.25) is 5.02 Å². The molecular formula is C9H9BrClN. The molecule has 0 aliphatic heterocycles. The third-order valence-corrected chi connectivity index (χ3v) is 2.81. The van der Waals surface area contributed by atoms with Crippen molar-refractivity contribution in [3.63, 3.8) is 0 Å². The Morgan fingerprint density at radius 3 is 2.75 bits per heavy atom. The predicted octanol–water partition coefficient (Wildman–Crippen LogP) is 3.07. The number of halogens is 2. The first-order chi connectivity index (χ1) is 5.65. The zero-order chi connectivity index (χ0) is 9.14. The van der Waals surface area contributed by atoms with Crippen LogP contribution in [0.25, 0.3) is 5.57 Å². The van der Waals surface area contributed by atoms with Crippen molar-refractivity contribution in [3.05, 3.63) is 39.8 Å². The third kappa shape index (κ3) is 2.09. The van der Waals surface area contributed by atoms with Crippen LogP contribution in [0.5, 0.6) is 0 Å². The van der Waals surface area contributed by atoms with E-state index < -0.39 is 0 Å². The zero-order valence-electron chi connectivity index (χ0n) is 6.48. The molecule has 0 saturated carbocycles. The van der Waals surface area contributed by atoms with Gasteiger partial charge in [-0.15, -0.1) is 0 Å². The van der Waals surface area contributed by atoms with Crippen molar-refractivity contribution in [1.29, 1.82) is 0 Å². The molecule has 64 valence electrons. The van der Waals surface area contributed by atoms with Crippen molar-refractivity contribution in [3.8, 4) is 0 Å². The molecule has 0 aliphatic rings. The molecule has 12 heavy (non-hydrogen) atoms. The average Bonchev–Trinajstić information content (AvgIpc) is 2.08. The van der Waals surface area contributed by atoms with E-state index in [-0.39, 0.29) is 0 Å². The summed E-state index contributed by atoms with van der Waals surface area (Å²) >= 11 is 9.19. The maximum atomic E-state index is 5.89. The van der Waals surface area contributed by atoms with Gasteiger partial charge in [0.2, 0.25) is 0 Å². The Balaban J connectivity index is 3.05. The van der Waals surface area contributed by atoms with Crippen molar-refractivity contribution in [2.45, 2.75) is 0 Å². The van der Waals surface area contributed by atoms with Gasteiger partial charge in [0.15, 0.2) is 0 Å². The molecule has 3 heteroatoms. The summed E-state index contributed by atoms with van der Waals surface area (Å²) in [6, 6.07) is 5.67. The van der Waals surface area contributed by atoms with Crippen LogP contribution in [0.15, 0.2) is 29.3 Å². The molecule has 1 rings (SSSR count). The van der Waals surface area contributed by atoms with Gasteiger partial charge in [-0.05, 0) is 39.2 Å². The van der Waals surface area contributed by atoms with Gasteiger partial charge in [-0.3, -0.25) is 0 Å². The Morgan fingerprint density at radius 2 is 2.25 bits per heavy atom. The van der Waals surface area contributed by atoms with Crippen molar-refractivity contribution in [2.75, 3.05) is 6.54 Å². The predicted molar refractivity (Wildman–Crippen MR) is 57.2 cm³/mol. The molecule has 0 aliphatic carbocycles. The number of nitrogens with two attached hydrogens (primary N) is 1. The lowest BCUT2D eigenvalue weighted by Gasteiger charge is -2.03. The van der Waals surface area contributed by atoms with Gasteiger partial charge >= 0.3 is 0 Å². The van der Waals surface area contributed by atoms with E-state index >= 15 is 0 Å². The molecule has 0 radical (unpaired) electrons. The summed E-state index contributed by atoms with van der Waals surface area (Å²) in [5.74, 6) is 0. The van der Waals surface area contributed by atoms with Crippen LogP contribution in [-0.2, 0) is 0 Å². The Morgan fingerprint density at radius 1 is 1.58 bits per heavy atom. The molecule has 0 heterocycles. The van der Waals surface area contributed by atoms with Crippen molar-refractivity contribution in [1.82, 2.24) is 0 Å². The lowest BCUT2D eigenvalue weighted by Crippen LogP contribution is -2.00. The lowest BCUT2D eigenvalue weighted by atomic mass is 10.1. The summed E-state index contributed by atoms with van der Waals surface area (Å²) in [6.45, 7) is 4.27. The Kier molecular flexibility index (Phi) is 3.32. The Labute approximate surface area is 85.3 Å². The first-order valence-corrected chi connectivity index (χ1v) is 4.65. The minimum Gasteiger partial charge on any atom is -0.326 e. The molecule has 0 aromatic heterocycles. The van der Waals surface area contributed by atoms with Crippen molar-refractivity contribution < 1.29 is 0 Å². The van der Waals surface area contributed by atoms with Crippen LogP contribution < -0.4 is 5.73 Å². The molecule has 1 aromatic carbocycles. The van der Waals surface area contributed by atoms with Gasteiger partial charge < -0.3 is 5.73 Å². The van der Waals surface area contributed by atoms with E-state index in [4.69, 9.17) is 17.3 Å². The molecule has 0 atom stereocenters. The molecule has 0 unspecified atom stereocenters. The first kappa shape index (κ1) is 9.78. The maximum Gasteiger partial charge on any atom is 0.0554 e. The molecule has 0 spiro atoms. The van der Waals surface area contributed by atoms with Crippen LogP contribution in [0.1, 0.15) is 5.56 Å². The minimum absolute atomic E-state index is 0.456. The monoisotopic (exact) mass is 245 g/mol. The van der Waals surface area contributed by atoms with Crippen LogP contribution in [0.4, 0.5) is 0 Å². The van der Waals surface area contributed by atoms with E-state index in [1.807, 2.05) is 18.2 Å². The number of hydrogen-bond acceptors (Lipinski definition) is 1. The van der Waals surface area contributed by atoms with Gasteiger partial charge in [0.25, 0.3) is 0 Å². The molecule has 1 nitrogen and oxygen atoms in total. The van der Waals surface area contributed by atoms with Crippen LogP contribution in [0.3, 0.4) is 0 Å². The fraction of sp³-hybridized carbons (Fsp3) is 0.111. The van der Waals surface area contributed by atoms with E-state index in [0.29, 0.717) is 11.6 Å². The fourth-order valence-corrected chi connectivity index (χ4v) is 1.26. The van der Waals surface area contributed by atoms with Crippen molar-refractivity contribution >= 4 is 33.1 Å². The largest absolute Gasteiger partial charge is 0.326 e. The molecule has 1 aromatic rings. The minimum atomic E-state index is 0.456. The summed E-state index contributed by atoms with van der Waals surface area (Å²) in [7, 11) is 0. The first-order valence-electron chi connectivity index (χ1n) is 3.48. The summed E-state index contributed by atoms with van der Waals surface area (Å²) in [6.07, 6.45) is 0. The van der Waals surface area contributed by atoms with E-state index in [1.54, 1.807) is 0 Å². The van der Waals surface area contributed by atoms with Crippen LogP contribution >= 0.6 is 27.5 Å². The summed E-state index contributed by atoms with van der Waals surface area (Å²) in [4.78, 5) is 0. The molecule has 0 fully saturated rings. The van der Waals surface area contributed by atoms with Gasteiger partial charge in [-0.25, -0.2) is 0 Å². The fourth-order valence-electron chi connectivity index (χ4n) is 0.834. The van der Waals surface area contributed by atoms with E-state index in [0.717, 1.165) is 15.6 Å². The van der Waals surface area contributed by atoms with Gasteiger partial charge in [-0.2, -0.15) is 0 Å². The lowest BCUT2D eigenvalue weighted by molar-refractivity contribution is 1.27. The molecular weight excluding hydrogens is 237 g/mol. The smallest absolute Gasteiger partial charge is 0.0554 e. The van der Waals surface area contributed by atoms with E-state index in [9.17, 15) is 0 Å². The van der Waals surface area contributed by atoms with E-state index in [1.165, 1.54) is 0 Å². The quantitative estimate of drug-likeness (QED) is 0.853. The summed E-state index contributed by atoms with van der Waals surface area (Å²) < 4.78 is 0.887. The molecule has 0 amide bonds. The average molecular weight is 247 g/mol. The van der Waals surface area contributed by atoms with Gasteiger partial charge in [0.1, 0.15) is 0 Å². The summed E-state index contributed by atoms with van der Waals surface area (Å²) in [5, 5.41) is 0.683. The molecule has 0 bridgehead atoms. The topological polar surface area (TPSA) is 26.0 Å². The number of benzene rings is 1. The summed E-state index contributed by atoms with van der Waals surface area (Å²) in [5.41, 5.74) is 7.32. The second-order valence-electron chi connectivity index (χ2n) is 2.44. The Hall–Kier alpha value is -0.310. The standard InChI is InChI=1S/C9H9BrClN/c1-6(5-12)7-2-3-8(10)9(11)4-7/h2-4H,1,5,12H2. The number of hydrogen-bond donors (Lipinski definition) is 1. The van der Waals surface area contributed by atoms with Crippen LogP contribution in [-0.4, -0.2) is 6.54 Å². The highest BCUT2D eigenvalue weighted by Gasteiger charge is 2.00. The zero-order valence-corrected chi connectivity index (χ0v) is 8.82. The Bertz CT molecular complexity index is 309. The SMILES string of the molecule is C=C(CN)c1ccc(Br)c(Cl)c1. The highest BCUT2D eigenvalue weighted by atomic mass is 79.9. The van der Waals surface area contributed by atoms with E-state index in [2.05, 4.69) is 22.5 Å². The van der Waals surface area contributed by atoms with Crippen molar-refractivity contribution in [2.24, 2.45) is 5.73 Å². The molecule has 2 N–H and O–H groups in total. The maximum absolute atomic E-state index is 5.89. The normalized spacial score (nSPS) is 9.92. The van der Waals surface area contributed by atoms with Gasteiger partial charge in [0.05, 0.1) is 5.02 Å². The highest BCUT2D eigenvalue weighted by molar-refractivity contribution is 9.10. The van der Waals surface area contributed by atoms with Gasteiger partial charge in [-0.1, -0.05) is 24.2 Å². The number of rotatable bonds is 2. The highest BCUT2D eigenvalue weighted by Crippen LogP contribution is 2.25. The molecule has 0 saturated heterocycles. The van der Waals surface area contributed by atoms with Gasteiger partial charge in [0, 0.05) is 11.0 Å².